The Morgan fingerprint density at radius 2 is 1.91 bits per heavy atom. The van der Waals surface area contributed by atoms with E-state index in [1.54, 1.807) is 24.3 Å². The molecule has 1 heterocycles. The number of carbonyl (C=O) groups is 2. The molecule has 0 radical (unpaired) electrons. The van der Waals surface area contributed by atoms with Gasteiger partial charge in [0.05, 0.1) is 18.2 Å². The first-order valence-electron chi connectivity index (χ1n) is 7.46. The first kappa shape index (κ1) is 15.4. The van der Waals surface area contributed by atoms with Crippen molar-refractivity contribution in [2.45, 2.75) is 25.9 Å². The van der Waals surface area contributed by atoms with Crippen LogP contribution in [0.4, 0.5) is 10.1 Å². The van der Waals surface area contributed by atoms with Crippen LogP contribution in [0.15, 0.2) is 48.5 Å². The Labute approximate surface area is 133 Å². The van der Waals surface area contributed by atoms with Crippen LogP contribution >= 0.6 is 0 Å². The molecule has 1 atom stereocenters. The summed E-state index contributed by atoms with van der Waals surface area (Å²) >= 11 is 0. The lowest BCUT2D eigenvalue weighted by atomic mass is 10.2. The Morgan fingerprint density at radius 3 is 2.61 bits per heavy atom. The zero-order valence-electron chi connectivity index (χ0n) is 12.8. The van der Waals surface area contributed by atoms with E-state index in [9.17, 15) is 14.0 Å². The molecule has 5 heteroatoms. The average molecular weight is 312 g/mol. The van der Waals surface area contributed by atoms with Crippen molar-refractivity contribution in [2.75, 3.05) is 4.90 Å². The number of halogens is 1. The maximum Gasteiger partial charge on any atom is 0.251 e. The summed E-state index contributed by atoms with van der Waals surface area (Å²) in [4.78, 5) is 25.8. The van der Waals surface area contributed by atoms with Gasteiger partial charge in [0.2, 0.25) is 5.91 Å². The first-order chi connectivity index (χ1) is 11.0. The number of imide groups is 1. The predicted molar refractivity (Wildman–Crippen MR) is 85.3 cm³/mol. The molecule has 0 aromatic heterocycles. The number of carbonyl (C=O) groups excluding carboxylic acids is 2. The van der Waals surface area contributed by atoms with Gasteiger partial charge >= 0.3 is 0 Å². The lowest BCUT2D eigenvalue weighted by Crippen LogP contribution is -2.38. The number of hydrogen-bond acceptors (Lipinski definition) is 3. The summed E-state index contributed by atoms with van der Waals surface area (Å²) in [6.45, 7) is 2.28. The maximum absolute atomic E-state index is 13.2. The fourth-order valence-corrected chi connectivity index (χ4v) is 2.64. The first-order valence-corrected chi connectivity index (χ1v) is 7.46. The van der Waals surface area contributed by atoms with E-state index in [0.29, 0.717) is 12.2 Å². The van der Waals surface area contributed by atoms with Crippen molar-refractivity contribution in [1.29, 1.82) is 0 Å². The Kier molecular flexibility index (Phi) is 4.21. The Morgan fingerprint density at radius 1 is 1.17 bits per heavy atom. The van der Waals surface area contributed by atoms with Crippen LogP contribution in [0.3, 0.4) is 0 Å². The summed E-state index contributed by atoms with van der Waals surface area (Å²) in [7, 11) is 0. The van der Waals surface area contributed by atoms with Crippen LogP contribution in [0.2, 0.25) is 0 Å². The van der Waals surface area contributed by atoms with Crippen LogP contribution in [0.5, 0.6) is 0 Å². The minimum absolute atomic E-state index is 0.113. The van der Waals surface area contributed by atoms with Crippen molar-refractivity contribution >= 4 is 17.5 Å². The number of rotatable bonds is 4. The molecule has 1 aliphatic rings. The van der Waals surface area contributed by atoms with Crippen LogP contribution in [-0.2, 0) is 16.1 Å². The molecule has 0 saturated carbocycles. The molecule has 23 heavy (non-hydrogen) atoms. The molecule has 1 fully saturated rings. The zero-order chi connectivity index (χ0) is 16.4. The highest BCUT2D eigenvalue weighted by Crippen LogP contribution is 2.23. The van der Waals surface area contributed by atoms with Crippen molar-refractivity contribution in [3.05, 3.63) is 65.5 Å². The molecule has 0 aliphatic carbocycles. The van der Waals surface area contributed by atoms with Crippen LogP contribution in [-0.4, -0.2) is 17.9 Å². The monoisotopic (exact) mass is 312 g/mol. The third-order valence-corrected chi connectivity index (χ3v) is 3.88. The second-order valence-corrected chi connectivity index (χ2v) is 5.67. The van der Waals surface area contributed by atoms with Gasteiger partial charge in [-0.1, -0.05) is 29.8 Å². The average Bonchev–Trinajstić information content (AvgIpc) is 2.81. The fraction of sp³-hybridized carbons (Fsp3) is 0.222. The molecule has 118 valence electrons. The van der Waals surface area contributed by atoms with E-state index in [1.165, 1.54) is 17.0 Å². The molecular formula is C18H17FN2O2. The van der Waals surface area contributed by atoms with E-state index < -0.39 is 6.04 Å². The van der Waals surface area contributed by atoms with Crippen LogP contribution < -0.4 is 10.2 Å². The normalized spacial score (nSPS) is 17.8. The molecule has 0 bridgehead atoms. The van der Waals surface area contributed by atoms with Crippen molar-refractivity contribution in [1.82, 2.24) is 5.32 Å². The zero-order valence-corrected chi connectivity index (χ0v) is 12.8. The number of amides is 2. The highest BCUT2D eigenvalue weighted by Gasteiger charge is 2.39. The number of nitrogens with one attached hydrogen (secondary N) is 1. The van der Waals surface area contributed by atoms with E-state index in [2.05, 4.69) is 5.32 Å². The quantitative estimate of drug-likeness (QED) is 0.883. The smallest absolute Gasteiger partial charge is 0.251 e. The van der Waals surface area contributed by atoms with Crippen molar-refractivity contribution in [3.8, 4) is 0 Å². The number of aryl methyl sites for hydroxylation is 1. The van der Waals surface area contributed by atoms with Gasteiger partial charge < -0.3 is 5.32 Å². The number of anilines is 1. The topological polar surface area (TPSA) is 49.4 Å². The van der Waals surface area contributed by atoms with Gasteiger partial charge in [-0.2, -0.15) is 0 Å². The molecule has 3 rings (SSSR count). The minimum atomic E-state index is -0.577. The van der Waals surface area contributed by atoms with Crippen LogP contribution in [0, 0.1) is 12.7 Å². The summed E-state index contributed by atoms with van der Waals surface area (Å²) in [6, 6.07) is 12.8. The van der Waals surface area contributed by atoms with Gasteiger partial charge in [0, 0.05) is 6.54 Å². The minimum Gasteiger partial charge on any atom is -0.301 e. The standard InChI is InChI=1S/C18H17FN2O2/c1-12-5-7-15(8-6-12)21-17(22)10-16(18(21)23)20-11-13-3-2-4-14(19)9-13/h2-9,16,20H,10-11H2,1H3. The molecule has 1 aliphatic heterocycles. The van der Waals surface area contributed by atoms with Crippen LogP contribution in [0.25, 0.3) is 0 Å². The van der Waals surface area contributed by atoms with E-state index in [0.717, 1.165) is 11.1 Å². The lowest BCUT2D eigenvalue weighted by Gasteiger charge is -2.15. The fourth-order valence-electron chi connectivity index (χ4n) is 2.64. The molecule has 2 aromatic carbocycles. The van der Waals surface area contributed by atoms with Gasteiger partial charge in [0.1, 0.15) is 5.82 Å². The largest absolute Gasteiger partial charge is 0.301 e. The SMILES string of the molecule is Cc1ccc(N2C(=O)CC(NCc3cccc(F)c3)C2=O)cc1. The second-order valence-electron chi connectivity index (χ2n) is 5.67. The van der Waals surface area contributed by atoms with Crippen LogP contribution in [0.1, 0.15) is 17.5 Å². The third kappa shape index (κ3) is 3.29. The van der Waals surface area contributed by atoms with Gasteiger partial charge in [0.25, 0.3) is 5.91 Å². The molecule has 0 spiro atoms. The summed E-state index contributed by atoms with van der Waals surface area (Å²) in [5, 5.41) is 3.04. The van der Waals surface area contributed by atoms with Gasteiger partial charge in [-0.15, -0.1) is 0 Å². The summed E-state index contributed by atoms with van der Waals surface area (Å²) < 4.78 is 13.2. The Bertz CT molecular complexity index is 743. The van der Waals surface area contributed by atoms with E-state index in [-0.39, 0.29) is 24.1 Å². The number of benzene rings is 2. The molecule has 1 unspecified atom stereocenters. The van der Waals surface area contributed by atoms with Crippen molar-refractivity contribution in [2.24, 2.45) is 0 Å². The molecular weight excluding hydrogens is 295 g/mol. The molecule has 4 nitrogen and oxygen atoms in total. The van der Waals surface area contributed by atoms with E-state index in [1.807, 2.05) is 19.1 Å². The summed E-state index contributed by atoms with van der Waals surface area (Å²) in [5.41, 5.74) is 2.38. The van der Waals surface area contributed by atoms with E-state index in [4.69, 9.17) is 0 Å². The predicted octanol–water partition coefficient (Wildman–Crippen LogP) is 2.56. The van der Waals surface area contributed by atoms with Crippen molar-refractivity contribution in [3.63, 3.8) is 0 Å². The van der Waals surface area contributed by atoms with E-state index >= 15 is 0 Å². The highest BCUT2D eigenvalue weighted by atomic mass is 19.1. The second kappa shape index (κ2) is 6.30. The van der Waals surface area contributed by atoms with Gasteiger partial charge in [-0.3, -0.25) is 9.59 Å². The van der Waals surface area contributed by atoms with Gasteiger partial charge in [-0.05, 0) is 36.8 Å². The molecule has 1 saturated heterocycles. The van der Waals surface area contributed by atoms with Gasteiger partial charge in [-0.25, -0.2) is 9.29 Å². The number of hydrogen-bond donors (Lipinski definition) is 1. The Hall–Kier alpha value is -2.53. The Balaban J connectivity index is 1.70. The van der Waals surface area contributed by atoms with Crippen molar-refractivity contribution < 1.29 is 14.0 Å². The summed E-state index contributed by atoms with van der Waals surface area (Å²) in [6.07, 6.45) is 0.113. The summed E-state index contributed by atoms with van der Waals surface area (Å²) in [5.74, 6) is -0.815. The third-order valence-electron chi connectivity index (χ3n) is 3.88. The van der Waals surface area contributed by atoms with Gasteiger partial charge in [0.15, 0.2) is 0 Å². The highest BCUT2D eigenvalue weighted by molar-refractivity contribution is 6.22. The lowest BCUT2D eigenvalue weighted by molar-refractivity contribution is -0.121. The molecule has 1 N–H and O–H groups in total. The molecule has 2 aromatic rings. The number of nitrogens with zero attached hydrogens (tertiary/aromatic N) is 1. The maximum atomic E-state index is 13.2. The molecule has 2 amide bonds.